The monoisotopic (exact) mass is 283 g/mol. The highest BCUT2D eigenvalue weighted by Crippen LogP contribution is 2.31. The summed E-state index contributed by atoms with van der Waals surface area (Å²) in [6.45, 7) is 4.68. The van der Waals surface area contributed by atoms with Gasteiger partial charge in [0.1, 0.15) is 0 Å². The number of imidazole rings is 1. The lowest BCUT2D eigenvalue weighted by atomic mass is 9.80. The second-order valence-corrected chi connectivity index (χ2v) is 6.02. The molecule has 2 rings (SSSR count). The Morgan fingerprint density at radius 3 is 2.80 bits per heavy atom. The molecule has 20 heavy (non-hydrogen) atoms. The number of aromatic amines is 1. The van der Waals surface area contributed by atoms with E-state index in [1.807, 2.05) is 13.8 Å². The number of alkyl halides is 1. The molecule has 2 N–H and O–H groups in total. The van der Waals surface area contributed by atoms with Crippen molar-refractivity contribution in [1.82, 2.24) is 15.3 Å². The highest BCUT2D eigenvalue weighted by Gasteiger charge is 2.36. The lowest BCUT2D eigenvalue weighted by Crippen LogP contribution is -2.47. The molecule has 2 heterocycles. The largest absolute Gasteiger partial charge is 0.381 e. The maximum absolute atomic E-state index is 13.3. The Labute approximate surface area is 118 Å². The first-order valence-corrected chi connectivity index (χ1v) is 6.91. The van der Waals surface area contributed by atoms with Crippen LogP contribution in [0.3, 0.4) is 0 Å². The van der Waals surface area contributed by atoms with E-state index in [0.29, 0.717) is 32.6 Å². The zero-order valence-electron chi connectivity index (χ0n) is 12.0. The van der Waals surface area contributed by atoms with E-state index in [-0.39, 0.29) is 5.91 Å². The van der Waals surface area contributed by atoms with Gasteiger partial charge in [0.2, 0.25) is 5.91 Å². The third-order valence-corrected chi connectivity index (χ3v) is 4.20. The number of nitrogens with zero attached hydrogens (tertiary/aromatic N) is 1. The molecular formula is C14H22FN3O2. The van der Waals surface area contributed by atoms with Crippen molar-refractivity contribution in [2.45, 2.75) is 32.1 Å². The topological polar surface area (TPSA) is 67.0 Å². The van der Waals surface area contributed by atoms with Crippen LogP contribution < -0.4 is 5.32 Å². The van der Waals surface area contributed by atoms with Crippen molar-refractivity contribution < 1.29 is 13.9 Å². The van der Waals surface area contributed by atoms with Crippen molar-refractivity contribution in [2.75, 3.05) is 26.4 Å². The average Bonchev–Trinajstić information content (AvgIpc) is 3.00. The van der Waals surface area contributed by atoms with E-state index in [4.69, 9.17) is 4.74 Å². The fourth-order valence-corrected chi connectivity index (χ4v) is 2.37. The van der Waals surface area contributed by atoms with Gasteiger partial charge in [0, 0.05) is 37.1 Å². The van der Waals surface area contributed by atoms with Crippen molar-refractivity contribution >= 4 is 5.91 Å². The Morgan fingerprint density at radius 2 is 2.25 bits per heavy atom. The van der Waals surface area contributed by atoms with Gasteiger partial charge in [0.15, 0.2) is 0 Å². The lowest BCUT2D eigenvalue weighted by Gasteiger charge is -2.35. The van der Waals surface area contributed by atoms with Crippen LogP contribution in [0.25, 0.3) is 0 Å². The van der Waals surface area contributed by atoms with Crippen molar-refractivity contribution in [2.24, 2.45) is 5.41 Å². The van der Waals surface area contributed by atoms with Crippen LogP contribution in [0.2, 0.25) is 0 Å². The predicted molar refractivity (Wildman–Crippen MR) is 73.1 cm³/mol. The van der Waals surface area contributed by atoms with E-state index in [2.05, 4.69) is 15.3 Å². The molecule has 1 aliphatic heterocycles. The molecule has 0 radical (unpaired) electrons. The number of halogens is 1. The van der Waals surface area contributed by atoms with Gasteiger partial charge >= 0.3 is 0 Å². The van der Waals surface area contributed by atoms with Gasteiger partial charge in [0.05, 0.1) is 18.4 Å². The third kappa shape index (κ3) is 3.00. The van der Waals surface area contributed by atoms with E-state index in [1.54, 1.807) is 12.5 Å². The molecule has 0 aromatic carbocycles. The van der Waals surface area contributed by atoms with E-state index >= 15 is 0 Å². The molecule has 1 aromatic heterocycles. The first-order valence-electron chi connectivity index (χ1n) is 6.91. The minimum atomic E-state index is -0.709. The Morgan fingerprint density at radius 1 is 1.55 bits per heavy atom. The molecule has 112 valence electrons. The van der Waals surface area contributed by atoms with Crippen LogP contribution in [0, 0.1) is 5.41 Å². The Bertz CT molecular complexity index is 439. The van der Waals surface area contributed by atoms with E-state index in [9.17, 15) is 9.18 Å². The van der Waals surface area contributed by atoms with Crippen LogP contribution in [0.5, 0.6) is 0 Å². The summed E-state index contributed by atoms with van der Waals surface area (Å²) >= 11 is 0. The maximum Gasteiger partial charge on any atom is 0.231 e. The van der Waals surface area contributed by atoms with Gasteiger partial charge in [-0.05, 0) is 26.7 Å². The summed E-state index contributed by atoms with van der Waals surface area (Å²) in [7, 11) is 0. The molecule has 0 aliphatic carbocycles. The first kappa shape index (κ1) is 15.0. The van der Waals surface area contributed by atoms with Crippen LogP contribution in [0.15, 0.2) is 12.5 Å². The van der Waals surface area contributed by atoms with Gasteiger partial charge in [-0.1, -0.05) is 0 Å². The van der Waals surface area contributed by atoms with Crippen molar-refractivity contribution in [3.8, 4) is 0 Å². The number of rotatable bonds is 5. The van der Waals surface area contributed by atoms with Crippen LogP contribution in [0.4, 0.5) is 4.39 Å². The number of hydrogen-bond donors (Lipinski definition) is 2. The van der Waals surface area contributed by atoms with Gasteiger partial charge in [-0.15, -0.1) is 0 Å². The van der Waals surface area contributed by atoms with Gasteiger partial charge in [-0.3, -0.25) is 9.18 Å². The second kappa shape index (κ2) is 5.91. The fourth-order valence-electron chi connectivity index (χ4n) is 2.37. The van der Waals surface area contributed by atoms with Crippen molar-refractivity contribution in [1.29, 1.82) is 0 Å². The number of amides is 1. The average molecular weight is 283 g/mol. The molecule has 5 nitrogen and oxygen atoms in total. The van der Waals surface area contributed by atoms with Gasteiger partial charge in [-0.25, -0.2) is 4.98 Å². The molecule has 1 fully saturated rings. The Balaban J connectivity index is 1.97. The lowest BCUT2D eigenvalue weighted by molar-refractivity contribution is -0.126. The summed E-state index contributed by atoms with van der Waals surface area (Å²) in [5.41, 5.74) is -0.437. The summed E-state index contributed by atoms with van der Waals surface area (Å²) in [6.07, 6.45) is 4.48. The summed E-state index contributed by atoms with van der Waals surface area (Å²) in [4.78, 5) is 19.2. The molecular weight excluding hydrogens is 261 g/mol. The quantitative estimate of drug-likeness (QED) is 0.862. The molecule has 0 atom stereocenters. The Hall–Kier alpha value is -1.43. The van der Waals surface area contributed by atoms with Crippen LogP contribution in [0.1, 0.15) is 32.4 Å². The summed E-state index contributed by atoms with van der Waals surface area (Å²) in [5, 5.41) is 2.89. The SMILES string of the molecule is CC(C)(C(=O)NCC1(CF)CCOCC1)c1cnc[nH]1. The smallest absolute Gasteiger partial charge is 0.231 e. The number of H-pyrrole nitrogens is 1. The number of hydrogen-bond acceptors (Lipinski definition) is 3. The maximum atomic E-state index is 13.3. The molecule has 6 heteroatoms. The van der Waals surface area contributed by atoms with E-state index in [0.717, 1.165) is 5.69 Å². The summed E-state index contributed by atoms with van der Waals surface area (Å²) in [6, 6.07) is 0. The molecule has 0 saturated carbocycles. The standard InChI is InChI=1S/C14H22FN3O2/c1-13(2,11-7-16-10-18-11)12(19)17-9-14(8-15)3-5-20-6-4-14/h7,10H,3-6,8-9H2,1-2H3,(H,16,18)(H,17,19). The third-order valence-electron chi connectivity index (χ3n) is 4.20. The molecule has 0 bridgehead atoms. The fraction of sp³-hybridized carbons (Fsp3) is 0.714. The minimum absolute atomic E-state index is 0.124. The predicted octanol–water partition coefficient (Wildman–Crippen LogP) is 1.57. The highest BCUT2D eigenvalue weighted by molar-refractivity contribution is 5.86. The molecule has 1 aliphatic rings. The molecule has 0 spiro atoms. The van der Waals surface area contributed by atoms with Gasteiger partial charge in [-0.2, -0.15) is 0 Å². The zero-order valence-corrected chi connectivity index (χ0v) is 12.0. The van der Waals surface area contributed by atoms with Gasteiger partial charge in [0.25, 0.3) is 0 Å². The second-order valence-electron chi connectivity index (χ2n) is 6.02. The molecule has 1 saturated heterocycles. The number of carbonyl (C=O) groups is 1. The molecule has 1 aromatic rings. The Kier molecular flexibility index (Phi) is 4.42. The van der Waals surface area contributed by atoms with Crippen molar-refractivity contribution in [3.63, 3.8) is 0 Å². The van der Waals surface area contributed by atoms with Crippen LogP contribution in [-0.4, -0.2) is 42.3 Å². The zero-order chi connectivity index (χ0) is 14.6. The van der Waals surface area contributed by atoms with E-state index in [1.165, 1.54) is 0 Å². The first-order chi connectivity index (χ1) is 9.50. The molecule has 0 unspecified atom stereocenters. The number of ether oxygens (including phenoxy) is 1. The summed E-state index contributed by atoms with van der Waals surface area (Å²) < 4.78 is 18.6. The minimum Gasteiger partial charge on any atom is -0.381 e. The van der Waals surface area contributed by atoms with E-state index < -0.39 is 17.5 Å². The van der Waals surface area contributed by atoms with Crippen molar-refractivity contribution in [3.05, 3.63) is 18.2 Å². The van der Waals surface area contributed by atoms with Crippen LogP contribution in [-0.2, 0) is 14.9 Å². The highest BCUT2D eigenvalue weighted by atomic mass is 19.1. The van der Waals surface area contributed by atoms with Crippen LogP contribution >= 0.6 is 0 Å². The number of aromatic nitrogens is 2. The van der Waals surface area contributed by atoms with Gasteiger partial charge < -0.3 is 15.0 Å². The molecule has 1 amide bonds. The normalized spacial score (nSPS) is 18.8. The number of nitrogens with one attached hydrogen (secondary N) is 2. The summed E-state index contributed by atoms with van der Waals surface area (Å²) in [5.74, 6) is -0.124. The number of carbonyl (C=O) groups excluding carboxylic acids is 1.